The Morgan fingerprint density at radius 2 is 1.71 bits per heavy atom. The Morgan fingerprint density at radius 1 is 1.00 bits per heavy atom. The molecule has 2 aliphatic rings. The zero-order chi connectivity index (χ0) is 15.2. The fourth-order valence-corrected chi connectivity index (χ4v) is 4.42. The molecule has 0 aliphatic heterocycles. The van der Waals surface area contributed by atoms with Crippen LogP contribution < -0.4 is 0 Å². The standard InChI is InChI=1S/C15H19N3O3/c1-10(18-9-21)2-13-11-3-12(5-16-7-19)14(4-11)15(13)6-17-8-20/h10-15H,2-6H2,1H3. The van der Waals surface area contributed by atoms with Gasteiger partial charge in [-0.1, -0.05) is 0 Å². The van der Waals surface area contributed by atoms with Crippen molar-refractivity contribution in [1.29, 1.82) is 0 Å². The lowest BCUT2D eigenvalue weighted by molar-refractivity contribution is 0.157. The number of hydrogen-bond donors (Lipinski definition) is 0. The molecule has 0 aromatic carbocycles. The zero-order valence-electron chi connectivity index (χ0n) is 12.1. The fraction of sp³-hybridized carbons (Fsp3) is 0.800. The van der Waals surface area contributed by atoms with Crippen molar-refractivity contribution in [2.24, 2.45) is 44.6 Å². The first-order valence-corrected chi connectivity index (χ1v) is 7.35. The van der Waals surface area contributed by atoms with Crippen LogP contribution in [0.25, 0.3) is 0 Å². The van der Waals surface area contributed by atoms with Crippen LogP contribution in [0.4, 0.5) is 0 Å². The topological polar surface area (TPSA) is 88.3 Å². The van der Waals surface area contributed by atoms with Gasteiger partial charge in [0.1, 0.15) is 0 Å². The van der Waals surface area contributed by atoms with Crippen LogP contribution in [0.2, 0.25) is 0 Å². The molecule has 0 heterocycles. The molecule has 0 aromatic rings. The second kappa shape index (κ2) is 7.24. The van der Waals surface area contributed by atoms with E-state index in [1.54, 1.807) is 18.2 Å². The third-order valence-electron chi connectivity index (χ3n) is 5.13. The molecule has 6 heteroatoms. The average molecular weight is 289 g/mol. The Morgan fingerprint density at radius 3 is 2.38 bits per heavy atom. The lowest BCUT2D eigenvalue weighted by Gasteiger charge is -2.34. The van der Waals surface area contributed by atoms with E-state index in [1.165, 1.54) is 0 Å². The first-order chi connectivity index (χ1) is 10.2. The van der Waals surface area contributed by atoms with Gasteiger partial charge >= 0.3 is 0 Å². The molecule has 6 unspecified atom stereocenters. The van der Waals surface area contributed by atoms with E-state index < -0.39 is 0 Å². The Hall–Kier alpha value is -1.86. The smallest absolute Gasteiger partial charge is 0.211 e. The highest BCUT2D eigenvalue weighted by Crippen LogP contribution is 2.56. The van der Waals surface area contributed by atoms with Gasteiger partial charge in [0, 0.05) is 0 Å². The predicted octanol–water partition coefficient (Wildman–Crippen LogP) is 1.66. The van der Waals surface area contributed by atoms with Gasteiger partial charge in [0.2, 0.25) is 18.2 Å². The maximum absolute atomic E-state index is 10.4. The summed E-state index contributed by atoms with van der Waals surface area (Å²) in [6.07, 6.45) is 7.77. The maximum Gasteiger partial charge on any atom is 0.235 e. The van der Waals surface area contributed by atoms with E-state index >= 15 is 0 Å². The van der Waals surface area contributed by atoms with Crippen LogP contribution in [0.15, 0.2) is 15.0 Å². The summed E-state index contributed by atoms with van der Waals surface area (Å²) in [5.74, 6) is 2.06. The van der Waals surface area contributed by atoms with E-state index in [2.05, 4.69) is 15.0 Å². The SMILES string of the molecule is CC(CC1C2CC(CN=C=O)C(C2)C1CN=C=O)N=C=O. The van der Waals surface area contributed by atoms with Gasteiger partial charge in [-0.25, -0.2) is 29.4 Å². The minimum Gasteiger partial charge on any atom is -0.211 e. The predicted molar refractivity (Wildman–Crippen MR) is 74.9 cm³/mol. The van der Waals surface area contributed by atoms with Crippen LogP contribution in [0.3, 0.4) is 0 Å². The van der Waals surface area contributed by atoms with Crippen LogP contribution in [0, 0.1) is 29.6 Å². The highest BCUT2D eigenvalue weighted by atomic mass is 16.1. The Balaban J connectivity index is 2.09. The monoisotopic (exact) mass is 289 g/mol. The zero-order valence-corrected chi connectivity index (χ0v) is 12.1. The van der Waals surface area contributed by atoms with Crippen molar-refractivity contribution in [3.8, 4) is 0 Å². The molecule has 112 valence electrons. The molecule has 2 fully saturated rings. The van der Waals surface area contributed by atoms with Crippen LogP contribution in [0.1, 0.15) is 26.2 Å². The molecule has 2 aliphatic carbocycles. The molecule has 0 saturated heterocycles. The largest absolute Gasteiger partial charge is 0.235 e. The van der Waals surface area contributed by atoms with Crippen molar-refractivity contribution < 1.29 is 14.4 Å². The third kappa shape index (κ3) is 3.43. The van der Waals surface area contributed by atoms with Crippen molar-refractivity contribution in [3.05, 3.63) is 0 Å². The lowest BCUT2D eigenvalue weighted by Crippen LogP contribution is -2.33. The molecule has 2 saturated carbocycles. The van der Waals surface area contributed by atoms with Gasteiger partial charge in [-0.15, -0.1) is 0 Å². The molecule has 0 radical (unpaired) electrons. The highest BCUT2D eigenvalue weighted by Gasteiger charge is 2.52. The normalized spacial score (nSPS) is 34.4. The minimum atomic E-state index is -0.0546. The summed E-state index contributed by atoms with van der Waals surface area (Å²) >= 11 is 0. The van der Waals surface area contributed by atoms with Crippen LogP contribution in [-0.2, 0) is 14.4 Å². The molecule has 0 spiro atoms. The summed E-state index contributed by atoms with van der Waals surface area (Å²) in [5, 5.41) is 0. The van der Waals surface area contributed by atoms with Crippen molar-refractivity contribution in [1.82, 2.24) is 0 Å². The van der Waals surface area contributed by atoms with Crippen LogP contribution in [-0.4, -0.2) is 37.4 Å². The molecule has 6 atom stereocenters. The van der Waals surface area contributed by atoms with Gasteiger partial charge < -0.3 is 0 Å². The third-order valence-corrected chi connectivity index (χ3v) is 5.13. The molecule has 2 rings (SSSR count). The van der Waals surface area contributed by atoms with Crippen molar-refractivity contribution >= 4 is 18.2 Å². The molecule has 21 heavy (non-hydrogen) atoms. The Labute approximate surface area is 123 Å². The number of rotatable bonds is 7. The molecule has 0 N–H and O–H groups in total. The molecular formula is C15H19N3O3. The molecule has 0 aromatic heterocycles. The number of nitrogens with zero attached hydrogens (tertiary/aromatic N) is 3. The first kappa shape index (κ1) is 15.5. The van der Waals surface area contributed by atoms with Crippen molar-refractivity contribution in [2.45, 2.75) is 32.2 Å². The van der Waals surface area contributed by atoms with Gasteiger partial charge in [0.15, 0.2) is 0 Å². The van der Waals surface area contributed by atoms with Gasteiger partial charge in [-0.3, -0.25) is 0 Å². The van der Waals surface area contributed by atoms with E-state index in [0.717, 1.165) is 19.3 Å². The molecule has 6 nitrogen and oxygen atoms in total. The van der Waals surface area contributed by atoms with Gasteiger partial charge in [-0.05, 0) is 55.8 Å². The minimum absolute atomic E-state index is 0.0546. The van der Waals surface area contributed by atoms with Crippen molar-refractivity contribution in [3.63, 3.8) is 0 Å². The number of carbonyl (C=O) groups excluding carboxylic acids is 3. The molecule has 0 amide bonds. The summed E-state index contributed by atoms with van der Waals surface area (Å²) in [6.45, 7) is 2.89. The van der Waals surface area contributed by atoms with Gasteiger partial charge in [0.05, 0.1) is 19.1 Å². The van der Waals surface area contributed by atoms with Gasteiger partial charge in [-0.2, -0.15) is 0 Å². The summed E-state index contributed by atoms with van der Waals surface area (Å²) in [5.41, 5.74) is 0. The summed E-state index contributed by atoms with van der Waals surface area (Å²) in [4.78, 5) is 42.3. The number of hydrogen-bond acceptors (Lipinski definition) is 6. The number of fused-ring (bicyclic) bond motifs is 2. The van der Waals surface area contributed by atoms with Crippen molar-refractivity contribution in [2.75, 3.05) is 13.1 Å². The Kier molecular flexibility index (Phi) is 5.35. The van der Waals surface area contributed by atoms with Crippen LogP contribution >= 0.6 is 0 Å². The fourth-order valence-electron chi connectivity index (χ4n) is 4.42. The molecular weight excluding hydrogens is 270 g/mol. The maximum atomic E-state index is 10.4. The lowest BCUT2D eigenvalue weighted by atomic mass is 9.72. The second-order valence-corrected chi connectivity index (χ2v) is 6.15. The van der Waals surface area contributed by atoms with E-state index in [0.29, 0.717) is 42.7 Å². The van der Waals surface area contributed by atoms with E-state index in [4.69, 9.17) is 0 Å². The summed E-state index contributed by atoms with van der Waals surface area (Å²) in [6, 6.07) is -0.0546. The number of aliphatic imine (C=N–C) groups is 3. The average Bonchev–Trinajstić information content (AvgIpc) is 3.01. The summed E-state index contributed by atoms with van der Waals surface area (Å²) in [7, 11) is 0. The first-order valence-electron chi connectivity index (χ1n) is 7.35. The highest BCUT2D eigenvalue weighted by molar-refractivity contribution is 5.34. The van der Waals surface area contributed by atoms with Gasteiger partial charge in [0.25, 0.3) is 0 Å². The molecule has 2 bridgehead atoms. The Bertz CT molecular complexity index is 516. The quantitative estimate of drug-likeness (QED) is 0.527. The van der Waals surface area contributed by atoms with E-state index in [-0.39, 0.29) is 6.04 Å². The van der Waals surface area contributed by atoms with Crippen LogP contribution in [0.5, 0.6) is 0 Å². The summed E-state index contributed by atoms with van der Waals surface area (Å²) < 4.78 is 0. The number of isocyanates is 3. The van der Waals surface area contributed by atoms with E-state index in [1.807, 2.05) is 6.92 Å². The second-order valence-electron chi connectivity index (χ2n) is 6.15. The van der Waals surface area contributed by atoms with E-state index in [9.17, 15) is 14.4 Å².